The lowest BCUT2D eigenvalue weighted by atomic mass is 10.2. The summed E-state index contributed by atoms with van der Waals surface area (Å²) in [4.78, 5) is 11.4. The summed E-state index contributed by atoms with van der Waals surface area (Å²) < 4.78 is 13.5. The zero-order chi connectivity index (χ0) is 12.3. The molecule has 1 amide bonds. The Hall–Kier alpha value is -0.420. The van der Waals surface area contributed by atoms with Gasteiger partial charge in [0.1, 0.15) is 5.82 Å². The third kappa shape index (κ3) is 3.28. The Bertz CT molecular complexity index is 409. The van der Waals surface area contributed by atoms with Crippen LogP contribution in [0.5, 0.6) is 0 Å². The lowest BCUT2D eigenvalue weighted by molar-refractivity contribution is -0.115. The Morgan fingerprint density at radius 3 is 2.75 bits per heavy atom. The molecule has 1 atom stereocenters. The molecular weight excluding hydrogens is 341 g/mol. The minimum absolute atomic E-state index is 0.121. The molecule has 0 spiro atoms. The van der Waals surface area contributed by atoms with Gasteiger partial charge in [-0.3, -0.25) is 4.79 Å². The van der Waals surface area contributed by atoms with Gasteiger partial charge >= 0.3 is 0 Å². The average Bonchev–Trinajstić information content (AvgIpc) is 2.24. The maximum absolute atomic E-state index is 13.2. The predicted molar refractivity (Wildman–Crippen MR) is 70.5 cm³/mol. The van der Waals surface area contributed by atoms with Crippen LogP contribution in [0.15, 0.2) is 16.6 Å². The number of nitrogens with one attached hydrogen (secondary N) is 1. The zero-order valence-corrected chi connectivity index (χ0v) is 12.2. The van der Waals surface area contributed by atoms with Crippen molar-refractivity contribution < 1.29 is 9.18 Å². The topological polar surface area (TPSA) is 29.1 Å². The minimum Gasteiger partial charge on any atom is -0.325 e. The second kappa shape index (κ2) is 5.77. The third-order valence-corrected chi connectivity index (χ3v) is 3.84. The largest absolute Gasteiger partial charge is 0.325 e. The first-order valence-electron chi connectivity index (χ1n) is 4.86. The van der Waals surface area contributed by atoms with Gasteiger partial charge in [-0.15, -0.1) is 0 Å². The van der Waals surface area contributed by atoms with Gasteiger partial charge in [-0.1, -0.05) is 22.9 Å². The van der Waals surface area contributed by atoms with Crippen molar-refractivity contribution in [3.8, 4) is 0 Å². The Balaban J connectivity index is 2.90. The predicted octanol–water partition coefficient (Wildman–Crippen LogP) is 4.01. The summed E-state index contributed by atoms with van der Waals surface area (Å²) in [5.74, 6) is -0.453. The number of hydrogen-bond donors (Lipinski definition) is 1. The van der Waals surface area contributed by atoms with Gasteiger partial charge in [0.15, 0.2) is 0 Å². The number of alkyl halides is 1. The molecule has 1 rings (SSSR count). The molecule has 0 heterocycles. The highest BCUT2D eigenvalue weighted by Crippen LogP contribution is 2.24. The lowest BCUT2D eigenvalue weighted by Crippen LogP contribution is -2.22. The number of rotatable bonds is 3. The van der Waals surface area contributed by atoms with Gasteiger partial charge in [0.25, 0.3) is 0 Å². The Labute approximate surface area is 111 Å². The van der Waals surface area contributed by atoms with Crippen LogP contribution in [0.25, 0.3) is 0 Å². The Morgan fingerprint density at radius 2 is 2.19 bits per heavy atom. The van der Waals surface area contributed by atoms with Crippen molar-refractivity contribution in [2.75, 3.05) is 5.32 Å². The van der Waals surface area contributed by atoms with E-state index in [9.17, 15) is 9.18 Å². The number of amides is 1. The van der Waals surface area contributed by atoms with Crippen molar-refractivity contribution >= 4 is 43.5 Å². The second-order valence-corrected chi connectivity index (χ2v) is 5.41. The van der Waals surface area contributed by atoms with Crippen molar-refractivity contribution in [2.24, 2.45) is 0 Å². The van der Waals surface area contributed by atoms with Gasteiger partial charge < -0.3 is 5.32 Å². The average molecular weight is 353 g/mol. The molecule has 5 heteroatoms. The molecule has 88 valence electrons. The number of aryl methyl sites for hydroxylation is 1. The molecule has 1 unspecified atom stereocenters. The van der Waals surface area contributed by atoms with Crippen LogP contribution in [-0.2, 0) is 4.79 Å². The van der Waals surface area contributed by atoms with Crippen molar-refractivity contribution in [1.82, 2.24) is 0 Å². The molecule has 1 N–H and O–H groups in total. The summed E-state index contributed by atoms with van der Waals surface area (Å²) in [6.07, 6.45) is 0.702. The molecule has 0 aliphatic heterocycles. The highest BCUT2D eigenvalue weighted by molar-refractivity contribution is 9.10. The van der Waals surface area contributed by atoms with Crippen LogP contribution in [0.2, 0.25) is 0 Å². The fraction of sp³-hybridized carbons (Fsp3) is 0.364. The second-order valence-electron chi connectivity index (χ2n) is 3.45. The fourth-order valence-electron chi connectivity index (χ4n) is 1.18. The Morgan fingerprint density at radius 1 is 1.56 bits per heavy atom. The molecule has 0 aliphatic rings. The quantitative estimate of drug-likeness (QED) is 0.818. The SMILES string of the molecule is CCC(Br)C(=O)Nc1cc(Br)c(F)cc1C. The highest BCUT2D eigenvalue weighted by atomic mass is 79.9. The first-order valence-corrected chi connectivity index (χ1v) is 6.57. The van der Waals surface area contributed by atoms with E-state index in [1.54, 1.807) is 13.0 Å². The molecule has 0 bridgehead atoms. The number of carbonyl (C=O) groups excluding carboxylic acids is 1. The standard InChI is InChI=1S/C11H12Br2FNO/c1-3-7(12)11(16)15-10-5-8(13)9(14)4-6(10)2/h4-5,7H,3H2,1-2H3,(H,15,16). The molecule has 2 nitrogen and oxygen atoms in total. The van der Waals surface area contributed by atoms with E-state index in [0.717, 1.165) is 0 Å². The van der Waals surface area contributed by atoms with E-state index >= 15 is 0 Å². The molecule has 0 saturated carbocycles. The molecule has 0 saturated heterocycles. The maximum atomic E-state index is 13.2. The number of hydrogen-bond acceptors (Lipinski definition) is 1. The fourth-order valence-corrected chi connectivity index (χ4v) is 1.64. The van der Waals surface area contributed by atoms with E-state index in [-0.39, 0.29) is 16.6 Å². The summed E-state index contributed by atoms with van der Waals surface area (Å²) in [5.41, 5.74) is 1.32. The molecule has 0 radical (unpaired) electrons. The van der Waals surface area contributed by atoms with Crippen molar-refractivity contribution in [3.05, 3.63) is 28.0 Å². The zero-order valence-electron chi connectivity index (χ0n) is 8.98. The van der Waals surface area contributed by atoms with Crippen LogP contribution in [0, 0.1) is 12.7 Å². The molecule has 1 aromatic rings. The first kappa shape index (κ1) is 13.6. The third-order valence-electron chi connectivity index (χ3n) is 2.17. The monoisotopic (exact) mass is 351 g/mol. The van der Waals surface area contributed by atoms with E-state index in [0.29, 0.717) is 22.1 Å². The van der Waals surface area contributed by atoms with Crippen LogP contribution in [0.3, 0.4) is 0 Å². The molecule has 1 aromatic carbocycles. The molecule has 0 aromatic heterocycles. The molecule has 0 fully saturated rings. The summed E-state index contributed by atoms with van der Waals surface area (Å²) in [7, 11) is 0. The van der Waals surface area contributed by atoms with Crippen LogP contribution >= 0.6 is 31.9 Å². The lowest BCUT2D eigenvalue weighted by Gasteiger charge is -2.11. The number of anilines is 1. The summed E-state index contributed by atoms with van der Waals surface area (Å²) in [5, 5.41) is 2.75. The smallest absolute Gasteiger partial charge is 0.238 e. The summed E-state index contributed by atoms with van der Waals surface area (Å²) >= 11 is 6.35. The van der Waals surface area contributed by atoms with E-state index in [2.05, 4.69) is 37.2 Å². The van der Waals surface area contributed by atoms with Gasteiger partial charge in [0.2, 0.25) is 5.91 Å². The van der Waals surface area contributed by atoms with Crippen LogP contribution in [0.4, 0.5) is 10.1 Å². The molecule has 16 heavy (non-hydrogen) atoms. The number of halogens is 3. The minimum atomic E-state index is -0.332. The van der Waals surface area contributed by atoms with Gasteiger partial charge in [-0.25, -0.2) is 4.39 Å². The Kier molecular flexibility index (Phi) is 4.92. The van der Waals surface area contributed by atoms with E-state index in [4.69, 9.17) is 0 Å². The van der Waals surface area contributed by atoms with Crippen LogP contribution in [-0.4, -0.2) is 10.7 Å². The van der Waals surface area contributed by atoms with Crippen molar-refractivity contribution in [3.63, 3.8) is 0 Å². The summed E-state index contributed by atoms with van der Waals surface area (Å²) in [6, 6.07) is 2.95. The summed E-state index contributed by atoms with van der Waals surface area (Å²) in [6.45, 7) is 3.66. The maximum Gasteiger partial charge on any atom is 0.238 e. The van der Waals surface area contributed by atoms with E-state index in [1.165, 1.54) is 6.07 Å². The van der Waals surface area contributed by atoms with E-state index in [1.807, 2.05) is 6.92 Å². The van der Waals surface area contributed by atoms with Crippen LogP contribution in [0.1, 0.15) is 18.9 Å². The van der Waals surface area contributed by atoms with Gasteiger partial charge in [-0.2, -0.15) is 0 Å². The normalized spacial score (nSPS) is 12.3. The molecular formula is C11H12Br2FNO. The van der Waals surface area contributed by atoms with Crippen molar-refractivity contribution in [1.29, 1.82) is 0 Å². The van der Waals surface area contributed by atoms with Crippen LogP contribution < -0.4 is 5.32 Å². The van der Waals surface area contributed by atoms with Gasteiger partial charge in [0, 0.05) is 5.69 Å². The molecule has 0 aliphatic carbocycles. The van der Waals surface area contributed by atoms with Crippen molar-refractivity contribution in [2.45, 2.75) is 25.1 Å². The highest BCUT2D eigenvalue weighted by Gasteiger charge is 2.14. The van der Waals surface area contributed by atoms with Gasteiger partial charge in [-0.05, 0) is 47.0 Å². The van der Waals surface area contributed by atoms with E-state index < -0.39 is 0 Å². The first-order chi connectivity index (χ1) is 7.45. The number of carbonyl (C=O) groups is 1. The number of benzene rings is 1. The van der Waals surface area contributed by atoms with Gasteiger partial charge in [0.05, 0.1) is 9.30 Å².